The van der Waals surface area contributed by atoms with Crippen molar-refractivity contribution in [2.24, 2.45) is 5.73 Å². The van der Waals surface area contributed by atoms with E-state index in [4.69, 9.17) is 10.2 Å². The number of rotatable bonds is 5. The normalized spacial score (nSPS) is 11.2. The lowest BCUT2D eigenvalue weighted by molar-refractivity contribution is 0.100. The summed E-state index contributed by atoms with van der Waals surface area (Å²) in [6, 6.07) is 6.59. The van der Waals surface area contributed by atoms with Gasteiger partial charge in [-0.05, 0) is 32.3 Å². The zero-order chi connectivity index (χ0) is 14.0. The molecule has 0 aliphatic carbocycles. The van der Waals surface area contributed by atoms with Crippen LogP contribution in [0.5, 0.6) is 0 Å². The van der Waals surface area contributed by atoms with Crippen LogP contribution in [0.15, 0.2) is 16.5 Å². The molecule has 0 spiro atoms. The Morgan fingerprint density at radius 1 is 1.42 bits per heavy atom. The molecule has 0 bridgehead atoms. The van der Waals surface area contributed by atoms with Gasteiger partial charge in [-0.2, -0.15) is 4.98 Å². The number of amides is 1. The van der Waals surface area contributed by atoms with E-state index in [-0.39, 0.29) is 5.56 Å². The highest BCUT2D eigenvalue weighted by molar-refractivity contribution is 6.03. The van der Waals surface area contributed by atoms with Crippen molar-refractivity contribution in [3.05, 3.63) is 23.8 Å². The van der Waals surface area contributed by atoms with Crippen molar-refractivity contribution in [1.29, 1.82) is 0 Å². The first-order valence-corrected chi connectivity index (χ1v) is 5.96. The maximum absolute atomic E-state index is 11.3. The number of nitrogens with two attached hydrogens (primary N) is 1. The molecule has 0 aliphatic heterocycles. The number of fused-ring (bicyclic) bond motifs is 1. The summed E-state index contributed by atoms with van der Waals surface area (Å²) in [6.45, 7) is 1.65. The number of anilines is 1. The van der Waals surface area contributed by atoms with E-state index in [0.717, 1.165) is 13.1 Å². The molecule has 0 fully saturated rings. The average molecular weight is 261 g/mol. The van der Waals surface area contributed by atoms with Gasteiger partial charge in [-0.1, -0.05) is 0 Å². The van der Waals surface area contributed by atoms with E-state index in [1.54, 1.807) is 12.1 Å². The second-order valence-electron chi connectivity index (χ2n) is 4.65. The van der Waals surface area contributed by atoms with Crippen molar-refractivity contribution < 1.29 is 9.21 Å². The van der Waals surface area contributed by atoms with Crippen LogP contribution in [0.25, 0.3) is 11.1 Å². The number of hydrogen-bond acceptors (Lipinski definition) is 5. The molecular weight excluding hydrogens is 244 g/mol. The quantitative estimate of drug-likeness (QED) is 0.858. The Balaban J connectivity index is 2.31. The van der Waals surface area contributed by atoms with E-state index in [0.29, 0.717) is 17.1 Å². The summed E-state index contributed by atoms with van der Waals surface area (Å²) in [6.07, 6.45) is 0. The number of nitrogens with zero attached hydrogens (tertiary/aromatic N) is 3. The third kappa shape index (κ3) is 2.85. The first-order valence-electron chi connectivity index (χ1n) is 5.96. The fraction of sp³-hybridized carbons (Fsp3) is 0.385. The number of carbonyl (C=O) groups is 1. The number of aromatic nitrogens is 1. The second kappa shape index (κ2) is 5.27. The van der Waals surface area contributed by atoms with Gasteiger partial charge in [-0.3, -0.25) is 4.79 Å². The summed E-state index contributed by atoms with van der Waals surface area (Å²) < 4.78 is 5.62. The van der Waals surface area contributed by atoms with Crippen LogP contribution >= 0.6 is 0 Å². The number of benzene rings is 1. The zero-order valence-corrected chi connectivity index (χ0v) is 11.3. The third-order valence-electron chi connectivity index (χ3n) is 2.80. The van der Waals surface area contributed by atoms with Gasteiger partial charge in [-0.25, -0.2) is 0 Å². The Morgan fingerprint density at radius 3 is 2.79 bits per heavy atom. The summed E-state index contributed by atoms with van der Waals surface area (Å²) in [5.41, 5.74) is 6.55. The zero-order valence-electron chi connectivity index (χ0n) is 11.3. The highest BCUT2D eigenvalue weighted by atomic mass is 16.4. The molecule has 19 heavy (non-hydrogen) atoms. The molecule has 1 aromatic carbocycles. The molecule has 0 saturated carbocycles. The number of primary amides is 1. The van der Waals surface area contributed by atoms with E-state index in [2.05, 4.69) is 16.0 Å². The third-order valence-corrected chi connectivity index (χ3v) is 2.80. The Labute approximate surface area is 111 Å². The maximum Gasteiger partial charge on any atom is 0.298 e. The van der Waals surface area contributed by atoms with Gasteiger partial charge in [0.25, 0.3) is 11.9 Å². The minimum Gasteiger partial charge on any atom is -0.423 e. The fourth-order valence-corrected chi connectivity index (χ4v) is 1.68. The maximum atomic E-state index is 11.3. The molecule has 1 heterocycles. The summed E-state index contributed by atoms with van der Waals surface area (Å²) >= 11 is 0. The SMILES string of the molecule is CN(C)CCN(C)c1nc2c(C(N)=O)[c]ccc2o1. The van der Waals surface area contributed by atoms with Crippen molar-refractivity contribution >= 4 is 23.0 Å². The van der Waals surface area contributed by atoms with Crippen LogP contribution in [0.1, 0.15) is 10.4 Å². The molecule has 0 aliphatic rings. The minimum absolute atomic E-state index is 0.258. The van der Waals surface area contributed by atoms with Crippen LogP contribution in [0.3, 0.4) is 0 Å². The molecular formula is C13H17N4O2. The van der Waals surface area contributed by atoms with Crippen molar-refractivity contribution in [3.8, 4) is 0 Å². The first-order chi connectivity index (χ1) is 8.99. The number of oxazole rings is 1. The molecule has 101 valence electrons. The average Bonchev–Trinajstić information content (AvgIpc) is 2.78. The van der Waals surface area contributed by atoms with Crippen molar-refractivity contribution in [2.75, 3.05) is 39.1 Å². The van der Waals surface area contributed by atoms with Crippen molar-refractivity contribution in [1.82, 2.24) is 9.88 Å². The highest BCUT2D eigenvalue weighted by Crippen LogP contribution is 2.23. The van der Waals surface area contributed by atoms with Gasteiger partial charge in [0.2, 0.25) is 0 Å². The van der Waals surface area contributed by atoms with Gasteiger partial charge in [-0.15, -0.1) is 0 Å². The fourth-order valence-electron chi connectivity index (χ4n) is 1.68. The van der Waals surface area contributed by atoms with Gasteiger partial charge in [0, 0.05) is 20.1 Å². The molecule has 0 atom stereocenters. The predicted octanol–water partition coefficient (Wildman–Crippen LogP) is 0.725. The summed E-state index contributed by atoms with van der Waals surface area (Å²) in [7, 11) is 5.89. The summed E-state index contributed by atoms with van der Waals surface area (Å²) in [5.74, 6) is -0.554. The lowest BCUT2D eigenvalue weighted by atomic mass is 10.2. The lowest BCUT2D eigenvalue weighted by Gasteiger charge is -2.17. The second-order valence-corrected chi connectivity index (χ2v) is 4.65. The Hall–Kier alpha value is -2.08. The highest BCUT2D eigenvalue weighted by Gasteiger charge is 2.15. The number of likely N-dealkylation sites (N-methyl/N-ethyl adjacent to an activating group) is 2. The molecule has 0 saturated heterocycles. The van der Waals surface area contributed by atoms with Crippen LogP contribution < -0.4 is 10.6 Å². The topological polar surface area (TPSA) is 75.6 Å². The van der Waals surface area contributed by atoms with Gasteiger partial charge < -0.3 is 20.0 Å². The Kier molecular flexibility index (Phi) is 3.71. The van der Waals surface area contributed by atoms with E-state index < -0.39 is 5.91 Å². The molecule has 1 radical (unpaired) electrons. The molecule has 6 heteroatoms. The van der Waals surface area contributed by atoms with Crippen LogP contribution in [-0.4, -0.2) is 50.0 Å². The van der Waals surface area contributed by atoms with E-state index in [1.165, 1.54) is 0 Å². The summed E-state index contributed by atoms with van der Waals surface area (Å²) in [5, 5.41) is 0. The molecule has 2 N–H and O–H groups in total. The minimum atomic E-state index is -0.554. The van der Waals surface area contributed by atoms with E-state index in [9.17, 15) is 4.79 Å². The van der Waals surface area contributed by atoms with Gasteiger partial charge in [0.1, 0.15) is 5.52 Å². The Morgan fingerprint density at radius 2 is 2.16 bits per heavy atom. The van der Waals surface area contributed by atoms with Gasteiger partial charge in [0.05, 0.1) is 5.56 Å². The monoisotopic (exact) mass is 261 g/mol. The summed E-state index contributed by atoms with van der Waals surface area (Å²) in [4.78, 5) is 19.6. The van der Waals surface area contributed by atoms with E-state index >= 15 is 0 Å². The molecule has 2 aromatic rings. The van der Waals surface area contributed by atoms with Crippen LogP contribution in [0, 0.1) is 6.07 Å². The van der Waals surface area contributed by atoms with Gasteiger partial charge in [0.15, 0.2) is 5.58 Å². The smallest absolute Gasteiger partial charge is 0.298 e. The van der Waals surface area contributed by atoms with Crippen LogP contribution in [-0.2, 0) is 0 Å². The van der Waals surface area contributed by atoms with Crippen molar-refractivity contribution in [3.63, 3.8) is 0 Å². The molecule has 0 unspecified atom stereocenters. The van der Waals surface area contributed by atoms with E-state index in [1.807, 2.05) is 26.0 Å². The molecule has 2 rings (SSSR count). The standard InChI is InChI=1S/C13H17N4O2/c1-16(2)7-8-17(3)13-15-11-9(12(14)18)5-4-6-10(11)19-13/h4,6H,7-8H2,1-3H3,(H2,14,18). The van der Waals surface area contributed by atoms with Crippen LogP contribution in [0.2, 0.25) is 0 Å². The van der Waals surface area contributed by atoms with Crippen molar-refractivity contribution in [2.45, 2.75) is 0 Å². The molecule has 1 amide bonds. The largest absolute Gasteiger partial charge is 0.423 e. The number of hydrogen-bond donors (Lipinski definition) is 1. The molecule has 6 nitrogen and oxygen atoms in total. The molecule has 1 aromatic heterocycles. The predicted molar refractivity (Wildman–Crippen MR) is 73.2 cm³/mol. The lowest BCUT2D eigenvalue weighted by Crippen LogP contribution is -2.28. The number of carbonyl (C=O) groups excluding carboxylic acids is 1. The first kappa shape index (κ1) is 13.4. The Bertz CT molecular complexity index is 591. The van der Waals surface area contributed by atoms with Crippen LogP contribution in [0.4, 0.5) is 6.01 Å². The van der Waals surface area contributed by atoms with Gasteiger partial charge >= 0.3 is 0 Å².